The van der Waals surface area contributed by atoms with Crippen LogP contribution in [0.5, 0.6) is 0 Å². The first-order chi connectivity index (χ1) is 17.3. The largest absolute Gasteiger partial charge is 0.481 e. The number of aryl methyl sites for hydroxylation is 2. The number of carbonyl (C=O) groups is 1. The van der Waals surface area contributed by atoms with E-state index in [0.29, 0.717) is 12.1 Å². The van der Waals surface area contributed by atoms with E-state index in [4.69, 9.17) is 0 Å². The molecule has 3 nitrogen and oxygen atoms in total. The van der Waals surface area contributed by atoms with Crippen molar-refractivity contribution in [3.8, 4) is 11.1 Å². The van der Waals surface area contributed by atoms with Crippen molar-refractivity contribution in [2.75, 3.05) is 0 Å². The van der Waals surface area contributed by atoms with Crippen LogP contribution < -0.4 is 0 Å². The van der Waals surface area contributed by atoms with Gasteiger partial charge in [-0.05, 0) is 77.9 Å². The molecule has 0 aromatic heterocycles. The van der Waals surface area contributed by atoms with Gasteiger partial charge in [0.25, 0.3) is 0 Å². The van der Waals surface area contributed by atoms with Crippen LogP contribution >= 0.6 is 0 Å². The summed E-state index contributed by atoms with van der Waals surface area (Å²) in [5.41, 5.74) is 6.67. The van der Waals surface area contributed by atoms with Gasteiger partial charge >= 0.3 is 5.97 Å². The molecular weight excluding hydrogens is 449 g/mol. The maximum Gasteiger partial charge on any atom is 0.305 e. The molecule has 0 heterocycles. The van der Waals surface area contributed by atoms with Crippen LogP contribution in [0.4, 0.5) is 4.39 Å². The molecule has 0 amide bonds. The van der Waals surface area contributed by atoms with Gasteiger partial charge in [0.05, 0.1) is 6.42 Å². The number of nitrogens with zero attached hydrogens (tertiary/aromatic N) is 1. The molecular formula is C32H32FNO2. The monoisotopic (exact) mass is 481 g/mol. The Bertz CT molecular complexity index is 1300. The highest BCUT2D eigenvalue weighted by Crippen LogP contribution is 2.37. The SMILES string of the molecule is Cc1cccc(C)c1-c1cc(F)cc(C(CC(=O)O)N(Cc2ccccc2)C(C)c2ccccc2)c1. The second-order valence-corrected chi connectivity index (χ2v) is 9.40. The van der Waals surface area contributed by atoms with Crippen LogP contribution in [0.2, 0.25) is 0 Å². The van der Waals surface area contributed by atoms with E-state index in [0.717, 1.165) is 33.4 Å². The zero-order valence-corrected chi connectivity index (χ0v) is 21.0. The molecule has 184 valence electrons. The number of hydrogen-bond donors (Lipinski definition) is 1. The molecule has 0 spiro atoms. The van der Waals surface area contributed by atoms with E-state index in [1.54, 1.807) is 6.07 Å². The van der Waals surface area contributed by atoms with Crippen molar-refractivity contribution in [2.24, 2.45) is 0 Å². The normalized spacial score (nSPS) is 12.9. The maximum absolute atomic E-state index is 15.1. The van der Waals surface area contributed by atoms with Crippen molar-refractivity contribution in [3.05, 3.63) is 131 Å². The standard InChI is InChI=1S/C32H32FNO2/c1-22-11-10-12-23(2)32(22)28-17-27(18-29(33)19-28)30(20-31(35)36)34(21-25-13-6-4-7-14-25)24(3)26-15-8-5-9-16-26/h4-19,24,30H,20-21H2,1-3H3,(H,35,36). The Morgan fingerprint density at radius 2 is 1.44 bits per heavy atom. The summed E-state index contributed by atoms with van der Waals surface area (Å²) in [6.45, 7) is 6.64. The van der Waals surface area contributed by atoms with Crippen molar-refractivity contribution in [1.29, 1.82) is 0 Å². The Morgan fingerprint density at radius 3 is 2.06 bits per heavy atom. The Morgan fingerprint density at radius 1 is 0.833 bits per heavy atom. The minimum Gasteiger partial charge on any atom is -0.481 e. The molecule has 2 atom stereocenters. The number of halogens is 1. The van der Waals surface area contributed by atoms with Gasteiger partial charge in [0.15, 0.2) is 0 Å². The van der Waals surface area contributed by atoms with Crippen molar-refractivity contribution in [3.63, 3.8) is 0 Å². The van der Waals surface area contributed by atoms with Crippen LogP contribution in [0.25, 0.3) is 11.1 Å². The van der Waals surface area contributed by atoms with Crippen LogP contribution in [0.1, 0.15) is 53.2 Å². The molecule has 0 saturated carbocycles. The minimum atomic E-state index is -0.920. The van der Waals surface area contributed by atoms with Gasteiger partial charge < -0.3 is 5.11 Å². The second kappa shape index (κ2) is 11.3. The van der Waals surface area contributed by atoms with Gasteiger partial charge in [-0.2, -0.15) is 0 Å². The fourth-order valence-electron chi connectivity index (χ4n) is 5.05. The van der Waals surface area contributed by atoms with E-state index in [1.165, 1.54) is 6.07 Å². The Balaban J connectivity index is 1.85. The lowest BCUT2D eigenvalue weighted by atomic mass is 9.91. The van der Waals surface area contributed by atoms with Gasteiger partial charge in [-0.25, -0.2) is 4.39 Å². The molecule has 0 fully saturated rings. The third-order valence-corrected chi connectivity index (χ3v) is 6.83. The zero-order valence-electron chi connectivity index (χ0n) is 21.0. The molecule has 0 radical (unpaired) electrons. The fraction of sp³-hybridized carbons (Fsp3) is 0.219. The van der Waals surface area contributed by atoms with E-state index in [-0.39, 0.29) is 18.3 Å². The predicted octanol–water partition coefficient (Wildman–Crippen LogP) is 7.89. The highest BCUT2D eigenvalue weighted by Gasteiger charge is 2.29. The number of hydrogen-bond acceptors (Lipinski definition) is 2. The number of carboxylic acids is 1. The highest BCUT2D eigenvalue weighted by molar-refractivity contribution is 5.72. The maximum atomic E-state index is 15.1. The van der Waals surface area contributed by atoms with Gasteiger partial charge in [-0.15, -0.1) is 0 Å². The lowest BCUT2D eigenvalue weighted by Gasteiger charge is -2.37. The van der Waals surface area contributed by atoms with Gasteiger partial charge in [0.2, 0.25) is 0 Å². The summed E-state index contributed by atoms with van der Waals surface area (Å²) in [6, 6.07) is 30.4. The topological polar surface area (TPSA) is 40.5 Å². The molecule has 1 N–H and O–H groups in total. The van der Waals surface area contributed by atoms with Crippen LogP contribution in [-0.4, -0.2) is 16.0 Å². The van der Waals surface area contributed by atoms with Crippen molar-refractivity contribution >= 4 is 5.97 Å². The summed E-state index contributed by atoms with van der Waals surface area (Å²) in [5.74, 6) is -1.29. The molecule has 2 unspecified atom stereocenters. The average molecular weight is 482 g/mol. The predicted molar refractivity (Wildman–Crippen MR) is 143 cm³/mol. The lowest BCUT2D eigenvalue weighted by molar-refractivity contribution is -0.138. The molecule has 0 bridgehead atoms. The number of carboxylic acid groups (broad SMARTS) is 1. The van der Waals surface area contributed by atoms with Crippen molar-refractivity contribution < 1.29 is 14.3 Å². The van der Waals surface area contributed by atoms with Crippen LogP contribution in [0.3, 0.4) is 0 Å². The van der Waals surface area contributed by atoms with Gasteiger partial charge in [-0.3, -0.25) is 9.69 Å². The van der Waals surface area contributed by atoms with E-state index >= 15 is 4.39 Å². The number of benzene rings is 4. The average Bonchev–Trinajstić information content (AvgIpc) is 2.86. The van der Waals surface area contributed by atoms with Crippen LogP contribution in [0.15, 0.2) is 97.1 Å². The molecule has 0 aliphatic heterocycles. The smallest absolute Gasteiger partial charge is 0.305 e. The first-order valence-corrected chi connectivity index (χ1v) is 12.3. The summed E-state index contributed by atoms with van der Waals surface area (Å²) < 4.78 is 15.1. The fourth-order valence-corrected chi connectivity index (χ4v) is 5.05. The molecule has 36 heavy (non-hydrogen) atoms. The van der Waals surface area contributed by atoms with Crippen LogP contribution in [-0.2, 0) is 11.3 Å². The van der Waals surface area contributed by atoms with Crippen molar-refractivity contribution in [1.82, 2.24) is 4.90 Å². The highest BCUT2D eigenvalue weighted by atomic mass is 19.1. The summed E-state index contributed by atoms with van der Waals surface area (Å²) in [4.78, 5) is 14.3. The summed E-state index contributed by atoms with van der Waals surface area (Å²) in [5, 5.41) is 9.94. The summed E-state index contributed by atoms with van der Waals surface area (Å²) in [6.07, 6.45) is -0.139. The molecule has 0 aliphatic carbocycles. The van der Waals surface area contributed by atoms with Gasteiger partial charge in [-0.1, -0.05) is 78.9 Å². The van der Waals surface area contributed by atoms with E-state index < -0.39 is 12.0 Å². The van der Waals surface area contributed by atoms with Gasteiger partial charge in [0.1, 0.15) is 5.82 Å². The molecule has 4 heteroatoms. The van der Waals surface area contributed by atoms with Gasteiger partial charge in [0, 0.05) is 18.6 Å². The Hall–Kier alpha value is -3.76. The Labute approximate surface area is 212 Å². The van der Waals surface area contributed by atoms with E-state index in [2.05, 4.69) is 11.8 Å². The molecule has 4 aromatic carbocycles. The first-order valence-electron chi connectivity index (χ1n) is 12.3. The number of aliphatic carboxylic acids is 1. The molecule has 0 aliphatic rings. The third-order valence-electron chi connectivity index (χ3n) is 6.83. The molecule has 0 saturated heterocycles. The van der Waals surface area contributed by atoms with Crippen LogP contribution in [0, 0.1) is 19.7 Å². The lowest BCUT2D eigenvalue weighted by Crippen LogP contribution is -2.33. The molecule has 4 rings (SSSR count). The Kier molecular flexibility index (Phi) is 7.97. The van der Waals surface area contributed by atoms with E-state index in [1.807, 2.05) is 98.8 Å². The zero-order chi connectivity index (χ0) is 25.7. The first kappa shape index (κ1) is 25.3. The molecule has 4 aromatic rings. The van der Waals surface area contributed by atoms with E-state index in [9.17, 15) is 9.90 Å². The number of rotatable bonds is 9. The minimum absolute atomic E-state index is 0.0947. The second-order valence-electron chi connectivity index (χ2n) is 9.40. The summed E-state index contributed by atoms with van der Waals surface area (Å²) in [7, 11) is 0. The quantitative estimate of drug-likeness (QED) is 0.264. The summed E-state index contributed by atoms with van der Waals surface area (Å²) >= 11 is 0. The van der Waals surface area contributed by atoms with Crippen molar-refractivity contribution in [2.45, 2.75) is 45.8 Å². The third kappa shape index (κ3) is 5.89.